The summed E-state index contributed by atoms with van der Waals surface area (Å²) in [5.74, 6) is 0.369. The van der Waals surface area contributed by atoms with Crippen LogP contribution < -0.4 is 10.0 Å². The second-order valence-corrected chi connectivity index (χ2v) is 4.60. The van der Waals surface area contributed by atoms with Gasteiger partial charge in [0.25, 0.3) is 0 Å². The van der Waals surface area contributed by atoms with Crippen LogP contribution in [0.2, 0.25) is 0 Å². The van der Waals surface area contributed by atoms with E-state index in [1.54, 1.807) is 36.4 Å². The number of aliphatic hydroxyl groups is 1. The Kier molecular flexibility index (Phi) is 4.71. The zero-order valence-electron chi connectivity index (χ0n) is 8.87. The van der Waals surface area contributed by atoms with E-state index < -0.39 is 7.75 Å². The number of rotatable bonds is 5. The number of aliphatic hydroxyl groups excluding tert-OH is 1. The quantitative estimate of drug-likeness (QED) is 0.770. The third kappa shape index (κ3) is 4.16. The molecule has 1 aromatic carbocycles. The summed E-state index contributed by atoms with van der Waals surface area (Å²) in [5, 5.41) is 8.59. The average Bonchev–Trinajstić information content (AvgIpc) is 2.28. The third-order valence-corrected chi connectivity index (χ3v) is 2.76. The van der Waals surface area contributed by atoms with E-state index in [2.05, 4.69) is 4.52 Å². The lowest BCUT2D eigenvalue weighted by Crippen LogP contribution is -2.03. The van der Waals surface area contributed by atoms with E-state index in [0.717, 1.165) is 5.56 Å². The standard InChI is InChI=1S/C10H14NO4P/c1-14-16(11,13)15-10-6-4-9(5-7-10)3-2-8-12/h2-7,12H,8H2,1H3,(H2,11,13)/b3-2+. The second kappa shape index (κ2) is 5.82. The van der Waals surface area contributed by atoms with Gasteiger partial charge in [0, 0.05) is 7.11 Å². The maximum atomic E-state index is 11.3. The smallest absolute Gasteiger partial charge is 0.413 e. The van der Waals surface area contributed by atoms with Crippen molar-refractivity contribution in [1.29, 1.82) is 0 Å². The predicted molar refractivity (Wildman–Crippen MR) is 62.0 cm³/mol. The van der Waals surface area contributed by atoms with E-state index in [-0.39, 0.29) is 6.61 Å². The Morgan fingerprint density at radius 1 is 1.44 bits per heavy atom. The fraction of sp³-hybridized carbons (Fsp3) is 0.200. The molecule has 1 aromatic rings. The third-order valence-electron chi connectivity index (χ3n) is 1.78. The van der Waals surface area contributed by atoms with Gasteiger partial charge in [-0.05, 0) is 17.7 Å². The maximum absolute atomic E-state index is 11.3. The van der Waals surface area contributed by atoms with Crippen LogP contribution in [0.3, 0.4) is 0 Å². The van der Waals surface area contributed by atoms with Gasteiger partial charge in [-0.1, -0.05) is 24.3 Å². The number of nitrogens with two attached hydrogens (primary N) is 1. The molecule has 0 saturated carbocycles. The van der Waals surface area contributed by atoms with E-state index in [4.69, 9.17) is 15.1 Å². The molecule has 0 aliphatic carbocycles. The van der Waals surface area contributed by atoms with Gasteiger partial charge in [0.2, 0.25) is 0 Å². The first kappa shape index (κ1) is 12.9. The molecule has 0 aromatic heterocycles. The van der Waals surface area contributed by atoms with Gasteiger partial charge in [-0.3, -0.25) is 4.52 Å². The highest BCUT2D eigenvalue weighted by Gasteiger charge is 2.16. The van der Waals surface area contributed by atoms with Gasteiger partial charge in [-0.25, -0.2) is 10.1 Å². The van der Waals surface area contributed by atoms with Gasteiger partial charge in [0.05, 0.1) is 6.61 Å². The molecule has 3 N–H and O–H groups in total. The first-order valence-corrected chi connectivity index (χ1v) is 6.20. The molecule has 6 heteroatoms. The van der Waals surface area contributed by atoms with Gasteiger partial charge in [-0.15, -0.1) is 0 Å². The van der Waals surface area contributed by atoms with Crippen LogP contribution in [0, 0.1) is 0 Å². The normalized spacial score (nSPS) is 14.9. The Bertz CT molecular complexity index is 402. The highest BCUT2D eigenvalue weighted by molar-refractivity contribution is 7.51. The zero-order valence-corrected chi connectivity index (χ0v) is 9.76. The van der Waals surface area contributed by atoms with E-state index in [9.17, 15) is 4.57 Å². The van der Waals surface area contributed by atoms with Crippen LogP contribution >= 0.6 is 7.75 Å². The minimum Gasteiger partial charge on any atom is -0.413 e. The molecule has 0 bridgehead atoms. The molecule has 0 amide bonds. The van der Waals surface area contributed by atoms with Crippen LogP contribution in [0.15, 0.2) is 30.3 Å². The van der Waals surface area contributed by atoms with Crippen LogP contribution in [-0.4, -0.2) is 18.8 Å². The summed E-state index contributed by atoms with van der Waals surface area (Å²) in [6, 6.07) is 6.74. The van der Waals surface area contributed by atoms with Crippen molar-refractivity contribution in [3.05, 3.63) is 35.9 Å². The number of hydrogen-bond acceptors (Lipinski definition) is 4. The summed E-state index contributed by atoms with van der Waals surface area (Å²) < 4.78 is 20.7. The SMILES string of the molecule is COP(N)(=O)Oc1ccc(/C=C/CO)cc1. The van der Waals surface area contributed by atoms with Gasteiger partial charge in [-0.2, -0.15) is 0 Å². The lowest BCUT2D eigenvalue weighted by molar-refractivity contribution is 0.323. The fourth-order valence-corrected chi connectivity index (χ4v) is 1.50. The molecule has 0 heterocycles. The summed E-state index contributed by atoms with van der Waals surface area (Å²) in [5.41, 5.74) is 6.12. The fourth-order valence-electron chi connectivity index (χ4n) is 1.01. The molecule has 0 radical (unpaired) electrons. The second-order valence-electron chi connectivity index (χ2n) is 2.97. The van der Waals surface area contributed by atoms with E-state index in [1.165, 1.54) is 7.11 Å². The predicted octanol–water partition coefficient (Wildman–Crippen LogP) is 1.78. The van der Waals surface area contributed by atoms with E-state index in [1.807, 2.05) is 0 Å². The summed E-state index contributed by atoms with van der Waals surface area (Å²) in [7, 11) is -2.27. The summed E-state index contributed by atoms with van der Waals surface area (Å²) in [6.07, 6.45) is 3.36. The zero-order chi connectivity index (χ0) is 12.0. The molecule has 0 saturated heterocycles. The van der Waals surface area contributed by atoms with Crippen molar-refractivity contribution in [2.45, 2.75) is 0 Å². The van der Waals surface area contributed by atoms with Gasteiger partial charge >= 0.3 is 7.75 Å². The summed E-state index contributed by atoms with van der Waals surface area (Å²) in [6.45, 7) is -0.0140. The Labute approximate surface area is 94.1 Å². The Morgan fingerprint density at radius 3 is 2.56 bits per heavy atom. The van der Waals surface area contributed by atoms with Crippen LogP contribution in [0.5, 0.6) is 5.75 Å². The van der Waals surface area contributed by atoms with Crippen molar-refractivity contribution in [3.8, 4) is 5.75 Å². The highest BCUT2D eigenvalue weighted by atomic mass is 31.2. The molecule has 0 aliphatic heterocycles. The first-order chi connectivity index (χ1) is 7.57. The maximum Gasteiger partial charge on any atom is 0.455 e. The molecule has 5 nitrogen and oxygen atoms in total. The van der Waals surface area contributed by atoms with Crippen molar-refractivity contribution in [1.82, 2.24) is 0 Å². The molecule has 0 aliphatic rings. The largest absolute Gasteiger partial charge is 0.455 e. The summed E-state index contributed by atoms with van der Waals surface area (Å²) in [4.78, 5) is 0. The number of benzene rings is 1. The minimum atomic E-state index is -3.49. The summed E-state index contributed by atoms with van der Waals surface area (Å²) >= 11 is 0. The van der Waals surface area contributed by atoms with Crippen LogP contribution in [0.25, 0.3) is 6.08 Å². The molecule has 16 heavy (non-hydrogen) atoms. The molecule has 1 rings (SSSR count). The van der Waals surface area contributed by atoms with Crippen LogP contribution in [0.1, 0.15) is 5.56 Å². The molecule has 0 spiro atoms. The van der Waals surface area contributed by atoms with E-state index >= 15 is 0 Å². The van der Waals surface area contributed by atoms with Crippen molar-refractivity contribution in [2.75, 3.05) is 13.7 Å². The van der Waals surface area contributed by atoms with Gasteiger partial charge < -0.3 is 9.63 Å². The topological polar surface area (TPSA) is 81.8 Å². The highest BCUT2D eigenvalue weighted by Crippen LogP contribution is 2.38. The molecule has 0 fully saturated rings. The number of hydrogen-bond donors (Lipinski definition) is 2. The Balaban J connectivity index is 2.72. The van der Waals surface area contributed by atoms with Crippen molar-refractivity contribution >= 4 is 13.8 Å². The Morgan fingerprint density at radius 2 is 2.06 bits per heavy atom. The first-order valence-electron chi connectivity index (χ1n) is 4.59. The lowest BCUT2D eigenvalue weighted by atomic mass is 10.2. The van der Waals surface area contributed by atoms with Gasteiger partial charge in [0.15, 0.2) is 0 Å². The molecular formula is C10H14NO4P. The van der Waals surface area contributed by atoms with E-state index in [0.29, 0.717) is 5.75 Å². The van der Waals surface area contributed by atoms with Crippen molar-refractivity contribution in [3.63, 3.8) is 0 Å². The average molecular weight is 243 g/mol. The van der Waals surface area contributed by atoms with Crippen molar-refractivity contribution < 1.29 is 18.7 Å². The van der Waals surface area contributed by atoms with Gasteiger partial charge in [0.1, 0.15) is 5.75 Å². The van der Waals surface area contributed by atoms with Crippen molar-refractivity contribution in [2.24, 2.45) is 5.50 Å². The Hall–Kier alpha value is -1.13. The molecule has 88 valence electrons. The monoisotopic (exact) mass is 243 g/mol. The molecule has 1 unspecified atom stereocenters. The molecular weight excluding hydrogens is 229 g/mol. The van der Waals surface area contributed by atoms with Crippen LogP contribution in [0.4, 0.5) is 0 Å². The van der Waals surface area contributed by atoms with Crippen LogP contribution in [-0.2, 0) is 9.09 Å². The minimum absolute atomic E-state index is 0.0140. The lowest BCUT2D eigenvalue weighted by Gasteiger charge is -2.11. The molecule has 1 atom stereocenters.